The van der Waals surface area contributed by atoms with Crippen molar-refractivity contribution >= 4 is 12.0 Å². The number of carboxylic acid groups (broad SMARTS) is 1. The third-order valence-corrected chi connectivity index (χ3v) is 4.79. The van der Waals surface area contributed by atoms with Crippen molar-refractivity contribution in [2.75, 3.05) is 0 Å². The number of carboxylic acids is 1. The molecule has 0 aromatic rings. The minimum absolute atomic E-state index is 0.0825. The molecule has 1 aliphatic carbocycles. The Morgan fingerprint density at radius 2 is 1.95 bits per heavy atom. The summed E-state index contributed by atoms with van der Waals surface area (Å²) in [6.45, 7) is 8.11. The van der Waals surface area contributed by atoms with Crippen molar-refractivity contribution in [1.82, 2.24) is 10.6 Å². The summed E-state index contributed by atoms with van der Waals surface area (Å²) in [7, 11) is 0. The second kappa shape index (κ2) is 7.50. The molecule has 0 spiro atoms. The van der Waals surface area contributed by atoms with E-state index in [0.29, 0.717) is 18.3 Å². The predicted molar refractivity (Wildman–Crippen MR) is 78.5 cm³/mol. The zero-order valence-corrected chi connectivity index (χ0v) is 13.0. The van der Waals surface area contributed by atoms with Crippen molar-refractivity contribution in [3.8, 4) is 0 Å². The highest BCUT2D eigenvalue weighted by Crippen LogP contribution is 2.29. The zero-order chi connectivity index (χ0) is 15.3. The molecular weight excluding hydrogens is 256 g/mol. The molecule has 0 aromatic carbocycles. The second-order valence-electron chi connectivity index (χ2n) is 6.19. The summed E-state index contributed by atoms with van der Waals surface area (Å²) in [5.41, 5.74) is 0. The van der Waals surface area contributed by atoms with E-state index < -0.39 is 12.0 Å². The van der Waals surface area contributed by atoms with Crippen LogP contribution >= 0.6 is 0 Å². The summed E-state index contributed by atoms with van der Waals surface area (Å²) < 4.78 is 0. The van der Waals surface area contributed by atoms with Gasteiger partial charge in [-0.05, 0) is 24.2 Å². The first-order valence-corrected chi connectivity index (χ1v) is 7.66. The monoisotopic (exact) mass is 284 g/mol. The number of aliphatic carboxylic acids is 1. The van der Waals surface area contributed by atoms with Crippen molar-refractivity contribution in [2.24, 2.45) is 17.8 Å². The molecule has 2 amide bonds. The summed E-state index contributed by atoms with van der Waals surface area (Å²) in [6, 6.07) is -1.04. The smallest absolute Gasteiger partial charge is 0.326 e. The van der Waals surface area contributed by atoms with Crippen LogP contribution in [0.4, 0.5) is 4.79 Å². The molecule has 5 atom stereocenters. The molecule has 5 heteroatoms. The molecule has 1 rings (SSSR count). The molecule has 3 N–H and O–H groups in total. The third kappa shape index (κ3) is 4.39. The summed E-state index contributed by atoms with van der Waals surface area (Å²) in [6.07, 6.45) is 4.00. The van der Waals surface area contributed by atoms with Crippen LogP contribution in [0, 0.1) is 17.8 Å². The maximum absolute atomic E-state index is 12.0. The number of nitrogens with one attached hydrogen (secondary N) is 2. The van der Waals surface area contributed by atoms with E-state index in [9.17, 15) is 14.7 Å². The first kappa shape index (κ1) is 16.8. The third-order valence-electron chi connectivity index (χ3n) is 4.79. The fourth-order valence-electron chi connectivity index (χ4n) is 2.82. The van der Waals surface area contributed by atoms with Gasteiger partial charge >= 0.3 is 12.0 Å². The van der Waals surface area contributed by atoms with E-state index >= 15 is 0 Å². The minimum atomic E-state index is -0.973. The fraction of sp³-hybridized carbons (Fsp3) is 0.867. The maximum Gasteiger partial charge on any atom is 0.326 e. The van der Waals surface area contributed by atoms with Crippen LogP contribution in [0.2, 0.25) is 0 Å². The lowest BCUT2D eigenvalue weighted by atomic mass is 9.78. The molecule has 0 bridgehead atoms. The Morgan fingerprint density at radius 1 is 1.30 bits per heavy atom. The Bertz CT molecular complexity index is 346. The number of amides is 2. The maximum atomic E-state index is 12.0. The molecule has 1 aliphatic rings. The molecule has 4 unspecified atom stereocenters. The Kier molecular flexibility index (Phi) is 6.30. The van der Waals surface area contributed by atoms with Crippen LogP contribution in [0.25, 0.3) is 0 Å². The zero-order valence-electron chi connectivity index (χ0n) is 13.0. The van der Waals surface area contributed by atoms with Crippen LogP contribution in [0.5, 0.6) is 0 Å². The van der Waals surface area contributed by atoms with Gasteiger partial charge in [0.15, 0.2) is 0 Å². The van der Waals surface area contributed by atoms with Gasteiger partial charge < -0.3 is 15.7 Å². The Balaban J connectivity index is 2.55. The van der Waals surface area contributed by atoms with E-state index in [4.69, 9.17) is 0 Å². The van der Waals surface area contributed by atoms with Crippen LogP contribution in [0.15, 0.2) is 0 Å². The van der Waals surface area contributed by atoms with Gasteiger partial charge in [0.1, 0.15) is 6.04 Å². The van der Waals surface area contributed by atoms with Crippen LogP contribution < -0.4 is 10.6 Å². The van der Waals surface area contributed by atoms with Crippen LogP contribution in [-0.2, 0) is 4.79 Å². The highest BCUT2D eigenvalue weighted by molar-refractivity contribution is 5.82. The van der Waals surface area contributed by atoms with Crippen LogP contribution in [0.3, 0.4) is 0 Å². The Morgan fingerprint density at radius 3 is 2.50 bits per heavy atom. The molecule has 0 radical (unpaired) electrons. The Labute approximate surface area is 121 Å². The number of rotatable bonds is 5. The van der Waals surface area contributed by atoms with Crippen molar-refractivity contribution in [3.63, 3.8) is 0 Å². The normalized spacial score (nSPS) is 29.3. The number of urea groups is 1. The highest BCUT2D eigenvalue weighted by Gasteiger charge is 2.30. The lowest BCUT2D eigenvalue weighted by Gasteiger charge is -2.35. The molecule has 5 nitrogen and oxygen atoms in total. The molecule has 0 heterocycles. The van der Waals surface area contributed by atoms with Crippen LogP contribution in [0.1, 0.15) is 53.4 Å². The lowest BCUT2D eigenvalue weighted by molar-refractivity contribution is -0.140. The molecule has 0 saturated heterocycles. The van der Waals surface area contributed by atoms with E-state index in [-0.39, 0.29) is 18.0 Å². The van der Waals surface area contributed by atoms with E-state index in [0.717, 1.165) is 12.8 Å². The second-order valence-corrected chi connectivity index (χ2v) is 6.19. The molecule has 0 aliphatic heterocycles. The topological polar surface area (TPSA) is 78.4 Å². The standard InChI is InChI=1S/C15H28N2O3/c1-5-9(2)13(14(18)19)17-15(20)16-12-8-6-7-10(3)11(12)4/h9-13H,5-8H2,1-4H3,(H,18,19)(H2,16,17,20)/t9?,10?,11?,12?,13-/m0/s1. The van der Waals surface area contributed by atoms with E-state index in [2.05, 4.69) is 24.5 Å². The summed E-state index contributed by atoms with van der Waals surface area (Å²) >= 11 is 0. The van der Waals surface area contributed by atoms with Gasteiger partial charge in [-0.25, -0.2) is 9.59 Å². The van der Waals surface area contributed by atoms with Gasteiger partial charge in [0.25, 0.3) is 0 Å². The first-order chi connectivity index (χ1) is 9.36. The van der Waals surface area contributed by atoms with Gasteiger partial charge in [0.2, 0.25) is 0 Å². The number of hydrogen-bond acceptors (Lipinski definition) is 2. The van der Waals surface area contributed by atoms with Crippen molar-refractivity contribution in [2.45, 2.75) is 65.5 Å². The van der Waals surface area contributed by atoms with Gasteiger partial charge in [-0.1, -0.05) is 47.0 Å². The lowest BCUT2D eigenvalue weighted by Crippen LogP contribution is -2.53. The SMILES string of the molecule is CCC(C)[C@H](NC(=O)NC1CCCC(C)C1C)C(=O)O. The summed E-state index contributed by atoms with van der Waals surface area (Å²) in [5, 5.41) is 14.7. The van der Waals surface area contributed by atoms with E-state index in [1.807, 2.05) is 13.8 Å². The quantitative estimate of drug-likeness (QED) is 0.726. The van der Waals surface area contributed by atoms with Gasteiger partial charge in [0, 0.05) is 6.04 Å². The number of hydrogen-bond donors (Lipinski definition) is 3. The minimum Gasteiger partial charge on any atom is -0.480 e. The largest absolute Gasteiger partial charge is 0.480 e. The summed E-state index contributed by atoms with van der Waals surface area (Å²) in [4.78, 5) is 23.2. The van der Waals surface area contributed by atoms with E-state index in [1.54, 1.807) is 0 Å². The average molecular weight is 284 g/mol. The first-order valence-electron chi connectivity index (χ1n) is 7.66. The van der Waals surface area contributed by atoms with Crippen molar-refractivity contribution in [1.29, 1.82) is 0 Å². The van der Waals surface area contributed by atoms with Gasteiger partial charge in [-0.3, -0.25) is 0 Å². The fourth-order valence-corrected chi connectivity index (χ4v) is 2.82. The number of carbonyl (C=O) groups is 2. The van der Waals surface area contributed by atoms with Gasteiger partial charge in [-0.2, -0.15) is 0 Å². The van der Waals surface area contributed by atoms with Crippen molar-refractivity contribution in [3.05, 3.63) is 0 Å². The van der Waals surface area contributed by atoms with Gasteiger partial charge in [-0.15, -0.1) is 0 Å². The summed E-state index contributed by atoms with van der Waals surface area (Å²) in [5.74, 6) is -0.0271. The van der Waals surface area contributed by atoms with Crippen LogP contribution in [-0.4, -0.2) is 29.2 Å². The predicted octanol–water partition coefficient (Wildman–Crippen LogP) is 2.61. The number of carbonyl (C=O) groups excluding carboxylic acids is 1. The highest BCUT2D eigenvalue weighted by atomic mass is 16.4. The average Bonchev–Trinajstić information content (AvgIpc) is 2.40. The van der Waals surface area contributed by atoms with E-state index in [1.165, 1.54) is 6.42 Å². The molecule has 1 fully saturated rings. The molecule has 1 saturated carbocycles. The van der Waals surface area contributed by atoms with Gasteiger partial charge in [0.05, 0.1) is 0 Å². The Hall–Kier alpha value is -1.26. The molecular formula is C15H28N2O3. The molecule has 0 aromatic heterocycles. The molecule has 116 valence electrons. The van der Waals surface area contributed by atoms with Crippen molar-refractivity contribution < 1.29 is 14.7 Å². The molecule has 20 heavy (non-hydrogen) atoms.